The maximum atomic E-state index is 13.4. The number of ether oxygens (including phenoxy) is 1. The lowest BCUT2D eigenvalue weighted by Gasteiger charge is -2.52. The van der Waals surface area contributed by atoms with E-state index < -0.39 is 47.6 Å². The van der Waals surface area contributed by atoms with Gasteiger partial charge in [-0.05, 0) is 74.8 Å². The number of fused-ring (bicyclic) bond motifs is 1. The third kappa shape index (κ3) is 6.55. The number of primary amides is 1. The topological polar surface area (TPSA) is 220 Å². The van der Waals surface area contributed by atoms with Gasteiger partial charge in [0.25, 0.3) is 17.7 Å². The molecular formula is C37H43N11O7S. The minimum Gasteiger partial charge on any atom is -0.371 e. The number of nitrogens with two attached hydrogens (primary N) is 1. The summed E-state index contributed by atoms with van der Waals surface area (Å²) in [7, 11) is 0. The zero-order chi connectivity index (χ0) is 38.9. The highest BCUT2D eigenvalue weighted by atomic mass is 32.1. The van der Waals surface area contributed by atoms with Gasteiger partial charge in [0.2, 0.25) is 18.2 Å². The van der Waals surface area contributed by atoms with E-state index in [1.807, 2.05) is 19.1 Å². The standard InChI is InChI=1S/C37H43N11O7S/c1-20-13-29(56-43-20)42-32-30(31(38)50)39-15-27(40-32)45-10-2-3-23(16-45)47-19-37(55-36(47)54)17-46(18-37)21-8-11-44(12-9-21)22-4-5-24-25(14-22)35(53)48(34(24)52)26-6-7-28(49)41-33(26)51/h4-5,13-15,21,23,26,36,54H,2-3,6-12,16-19H2,1H3,(H2,38,50)(H,40,42)(H,41,49,51)/t23-,26?,36?/m1/s1. The molecule has 56 heavy (non-hydrogen) atoms. The van der Waals surface area contributed by atoms with E-state index in [0.29, 0.717) is 24.9 Å². The monoisotopic (exact) mass is 785 g/mol. The van der Waals surface area contributed by atoms with E-state index in [-0.39, 0.29) is 41.5 Å². The van der Waals surface area contributed by atoms with E-state index in [0.717, 1.165) is 79.7 Å². The van der Waals surface area contributed by atoms with Crippen LogP contribution in [0.4, 0.5) is 22.3 Å². The molecule has 1 aromatic carbocycles. The van der Waals surface area contributed by atoms with Gasteiger partial charge < -0.3 is 30.7 Å². The van der Waals surface area contributed by atoms with Crippen LogP contribution in [-0.4, -0.2) is 140 Å². The molecule has 0 radical (unpaired) electrons. The summed E-state index contributed by atoms with van der Waals surface area (Å²) in [4.78, 5) is 81.7. The first-order valence-electron chi connectivity index (χ1n) is 19.0. The summed E-state index contributed by atoms with van der Waals surface area (Å²) in [6, 6.07) is 6.50. The number of rotatable bonds is 8. The first-order chi connectivity index (χ1) is 26.9. The second-order valence-corrected chi connectivity index (χ2v) is 16.4. The largest absolute Gasteiger partial charge is 0.371 e. The molecule has 5 amide bonds. The van der Waals surface area contributed by atoms with Gasteiger partial charge in [-0.25, -0.2) is 14.9 Å². The van der Waals surface area contributed by atoms with Crippen molar-refractivity contribution in [2.45, 2.75) is 75.6 Å². The fourth-order valence-electron chi connectivity index (χ4n) is 9.09. The van der Waals surface area contributed by atoms with E-state index in [4.69, 9.17) is 15.5 Å². The Bertz CT molecular complexity index is 2120. The van der Waals surface area contributed by atoms with Crippen molar-refractivity contribution in [1.29, 1.82) is 0 Å². The first-order valence-corrected chi connectivity index (χ1v) is 19.8. The maximum Gasteiger partial charge on any atom is 0.271 e. The average Bonchev–Trinajstić information content (AvgIpc) is 3.83. The molecule has 6 aliphatic rings. The highest BCUT2D eigenvalue weighted by molar-refractivity contribution is 7.10. The Morgan fingerprint density at radius 2 is 1.79 bits per heavy atom. The van der Waals surface area contributed by atoms with Crippen LogP contribution < -0.4 is 26.2 Å². The Hall–Kier alpha value is -5.08. The number of nitrogens with zero attached hydrogens (tertiary/aromatic N) is 8. The molecule has 6 aliphatic heterocycles. The lowest BCUT2D eigenvalue weighted by Crippen LogP contribution is -2.67. The van der Waals surface area contributed by atoms with E-state index in [1.165, 1.54) is 11.5 Å². The van der Waals surface area contributed by atoms with E-state index in [9.17, 15) is 29.1 Å². The van der Waals surface area contributed by atoms with Crippen molar-refractivity contribution in [2.75, 3.05) is 60.9 Å². The Morgan fingerprint density at radius 1 is 1.00 bits per heavy atom. The summed E-state index contributed by atoms with van der Waals surface area (Å²) in [6.45, 7) is 6.84. The van der Waals surface area contributed by atoms with Crippen LogP contribution in [-0.2, 0) is 14.3 Å². The molecular weight excluding hydrogens is 743 g/mol. The van der Waals surface area contributed by atoms with Gasteiger partial charge >= 0.3 is 0 Å². The van der Waals surface area contributed by atoms with Crippen LogP contribution in [0.25, 0.3) is 0 Å². The van der Waals surface area contributed by atoms with Gasteiger partial charge in [0.05, 0.1) is 23.0 Å². The molecule has 2 aromatic heterocycles. The number of aliphatic hydroxyl groups excluding tert-OH is 1. The summed E-state index contributed by atoms with van der Waals surface area (Å²) >= 11 is 1.26. The van der Waals surface area contributed by atoms with Crippen LogP contribution in [0.1, 0.15) is 75.4 Å². The fraction of sp³-hybridized carbons (Fsp3) is 0.514. The molecule has 5 fully saturated rings. The summed E-state index contributed by atoms with van der Waals surface area (Å²) in [5.74, 6) is -1.82. The summed E-state index contributed by atoms with van der Waals surface area (Å²) in [5.41, 5.74) is 7.46. The number of aliphatic hydroxyl groups is 1. The van der Waals surface area contributed by atoms with Gasteiger partial charge in [0.1, 0.15) is 22.5 Å². The zero-order valence-electron chi connectivity index (χ0n) is 30.8. The summed E-state index contributed by atoms with van der Waals surface area (Å²) < 4.78 is 10.6. The van der Waals surface area contributed by atoms with E-state index in [2.05, 4.69) is 39.6 Å². The van der Waals surface area contributed by atoms with Gasteiger partial charge in [-0.1, -0.05) is 0 Å². The number of nitrogens with one attached hydrogen (secondary N) is 2. The third-order valence-electron chi connectivity index (χ3n) is 11.9. The molecule has 3 atom stereocenters. The number of benzene rings is 1. The molecule has 0 bridgehead atoms. The van der Waals surface area contributed by atoms with Crippen LogP contribution in [0.5, 0.6) is 0 Å². The highest BCUT2D eigenvalue weighted by Gasteiger charge is 2.55. The van der Waals surface area contributed by atoms with Crippen LogP contribution in [0, 0.1) is 6.92 Å². The molecule has 9 rings (SSSR count). The fourth-order valence-corrected chi connectivity index (χ4v) is 9.75. The van der Waals surface area contributed by atoms with Gasteiger partial charge in [0, 0.05) is 70.0 Å². The van der Waals surface area contributed by atoms with Crippen LogP contribution >= 0.6 is 11.5 Å². The van der Waals surface area contributed by atoms with Crippen molar-refractivity contribution in [3.05, 3.63) is 53.0 Å². The number of piperidine rings is 3. The minimum absolute atomic E-state index is 0.0270. The van der Waals surface area contributed by atoms with Gasteiger partial charge in [-0.3, -0.25) is 39.1 Å². The zero-order valence-corrected chi connectivity index (χ0v) is 31.7. The molecule has 0 aliphatic carbocycles. The second kappa shape index (κ2) is 14.1. The van der Waals surface area contributed by atoms with Gasteiger partial charge in [0.15, 0.2) is 11.5 Å². The summed E-state index contributed by atoms with van der Waals surface area (Å²) in [6.07, 6.45) is 4.34. The molecule has 3 aromatic rings. The third-order valence-corrected chi connectivity index (χ3v) is 12.7. The number of likely N-dealkylation sites (tertiary alicyclic amines) is 1. The molecule has 5 saturated heterocycles. The number of carbonyl (C=O) groups is 5. The van der Waals surface area contributed by atoms with Gasteiger partial charge in [-0.2, -0.15) is 4.37 Å². The SMILES string of the molecule is Cc1cc(Nc2nc(N3CCC[C@@H](N4CC5(CN(C6CCN(c7ccc8c(c7)C(=O)N(C7CCC(=O)NC7=O)C8=O)CC6)C5)OC4O)C3)cnc2C(N)=O)sn1. The number of aryl methyl sites for hydroxylation is 1. The molecule has 1 spiro atoms. The van der Waals surface area contributed by atoms with Crippen molar-refractivity contribution in [1.82, 2.24) is 34.4 Å². The second-order valence-electron chi connectivity index (χ2n) is 15.6. The van der Waals surface area contributed by atoms with E-state index >= 15 is 0 Å². The number of aromatic nitrogens is 3. The number of imide groups is 2. The lowest BCUT2D eigenvalue weighted by atomic mass is 9.88. The van der Waals surface area contributed by atoms with Crippen molar-refractivity contribution < 1.29 is 33.8 Å². The first kappa shape index (κ1) is 36.6. The van der Waals surface area contributed by atoms with Crippen molar-refractivity contribution in [2.24, 2.45) is 5.73 Å². The number of hydrogen-bond donors (Lipinski definition) is 4. The average molecular weight is 786 g/mol. The lowest BCUT2D eigenvalue weighted by molar-refractivity contribution is -0.218. The predicted molar refractivity (Wildman–Crippen MR) is 202 cm³/mol. The molecule has 19 heteroatoms. The molecule has 294 valence electrons. The van der Waals surface area contributed by atoms with Crippen LogP contribution in [0.15, 0.2) is 30.5 Å². The van der Waals surface area contributed by atoms with E-state index in [1.54, 1.807) is 18.3 Å². The quantitative estimate of drug-likeness (QED) is 0.232. The Balaban J connectivity index is 0.791. The highest BCUT2D eigenvalue weighted by Crippen LogP contribution is 2.40. The smallest absolute Gasteiger partial charge is 0.271 e. The minimum atomic E-state index is -1.01. The number of anilines is 4. The predicted octanol–water partition coefficient (Wildman–Crippen LogP) is 0.786. The molecule has 0 saturated carbocycles. The van der Waals surface area contributed by atoms with Crippen molar-refractivity contribution in [3.63, 3.8) is 0 Å². The molecule has 2 unspecified atom stereocenters. The molecule has 8 heterocycles. The van der Waals surface area contributed by atoms with Crippen molar-refractivity contribution in [3.8, 4) is 0 Å². The number of amides is 5. The number of hydrogen-bond acceptors (Lipinski definition) is 16. The normalized spacial score (nSPS) is 25.8. The van der Waals surface area contributed by atoms with Crippen molar-refractivity contribution >= 4 is 63.4 Å². The Labute approximate surface area is 326 Å². The van der Waals surface area contributed by atoms with Crippen LogP contribution in [0.2, 0.25) is 0 Å². The Morgan fingerprint density at radius 3 is 2.52 bits per heavy atom. The molecule has 18 nitrogen and oxygen atoms in total. The number of carbonyl (C=O) groups excluding carboxylic acids is 5. The maximum absolute atomic E-state index is 13.4. The summed E-state index contributed by atoms with van der Waals surface area (Å²) in [5, 5.41) is 17.3. The molecule has 5 N–H and O–H groups in total. The van der Waals surface area contributed by atoms with Crippen LogP contribution in [0.3, 0.4) is 0 Å². The Kier molecular flexibility index (Phi) is 9.23. The van der Waals surface area contributed by atoms with Gasteiger partial charge in [-0.15, -0.1) is 0 Å².